The Labute approximate surface area is 154 Å². The number of amides is 1. The van der Waals surface area contributed by atoms with Crippen LogP contribution in [0.25, 0.3) is 11.1 Å². The number of halogens is 1. The number of hydrogen-bond acceptors (Lipinski definition) is 3. The van der Waals surface area contributed by atoms with Gasteiger partial charge in [0.1, 0.15) is 5.82 Å². The Morgan fingerprint density at radius 1 is 1.38 bits per heavy atom. The van der Waals surface area contributed by atoms with Crippen molar-refractivity contribution >= 4 is 5.91 Å². The summed E-state index contributed by atoms with van der Waals surface area (Å²) in [6, 6.07) is 6.96. The first-order valence-corrected chi connectivity index (χ1v) is 9.23. The van der Waals surface area contributed by atoms with Crippen LogP contribution in [0.1, 0.15) is 38.3 Å². The van der Waals surface area contributed by atoms with E-state index in [0.717, 1.165) is 42.8 Å². The third-order valence-corrected chi connectivity index (χ3v) is 5.33. The molecule has 0 saturated carbocycles. The summed E-state index contributed by atoms with van der Waals surface area (Å²) in [6.07, 6.45) is 3.54. The molecule has 0 radical (unpaired) electrons. The van der Waals surface area contributed by atoms with Crippen LogP contribution >= 0.6 is 0 Å². The van der Waals surface area contributed by atoms with Crippen LogP contribution in [0.5, 0.6) is 0 Å². The number of aromatic amines is 1. The summed E-state index contributed by atoms with van der Waals surface area (Å²) in [5, 5.41) is 7.28. The Morgan fingerprint density at radius 2 is 2.12 bits per heavy atom. The number of nitrogens with zero attached hydrogens (tertiary/aromatic N) is 3. The molecule has 1 aliphatic heterocycles. The zero-order valence-electron chi connectivity index (χ0n) is 15.7. The largest absolute Gasteiger partial charge is 0.342 e. The molecule has 0 bridgehead atoms. The molecule has 3 rings (SSSR count). The number of carbonyl (C=O) groups is 1. The summed E-state index contributed by atoms with van der Waals surface area (Å²) in [7, 11) is 1.98. The highest BCUT2D eigenvalue weighted by molar-refractivity contribution is 5.78. The lowest BCUT2D eigenvalue weighted by Crippen LogP contribution is -2.44. The monoisotopic (exact) mass is 358 g/mol. The fourth-order valence-electron chi connectivity index (χ4n) is 3.41. The quantitative estimate of drug-likeness (QED) is 0.893. The summed E-state index contributed by atoms with van der Waals surface area (Å²) >= 11 is 0. The predicted octanol–water partition coefficient (Wildman–Crippen LogP) is 3.26. The number of likely N-dealkylation sites (tertiary alicyclic amines) is 1. The molecule has 5 nitrogen and oxygen atoms in total. The average Bonchev–Trinajstić information content (AvgIpc) is 3.11. The van der Waals surface area contributed by atoms with E-state index in [4.69, 9.17) is 0 Å². The number of piperidine rings is 1. The van der Waals surface area contributed by atoms with E-state index in [-0.39, 0.29) is 11.7 Å². The van der Waals surface area contributed by atoms with E-state index < -0.39 is 0 Å². The smallest absolute Gasteiger partial charge is 0.236 e. The van der Waals surface area contributed by atoms with Gasteiger partial charge in [-0.1, -0.05) is 12.1 Å². The lowest BCUT2D eigenvalue weighted by molar-refractivity contribution is -0.133. The van der Waals surface area contributed by atoms with Gasteiger partial charge in [-0.2, -0.15) is 5.10 Å². The molecule has 1 aromatic carbocycles. The van der Waals surface area contributed by atoms with Crippen molar-refractivity contribution in [1.29, 1.82) is 0 Å². The second-order valence-electron chi connectivity index (χ2n) is 7.37. The Kier molecular flexibility index (Phi) is 5.71. The van der Waals surface area contributed by atoms with Crippen LogP contribution in [0.2, 0.25) is 0 Å². The number of benzene rings is 1. The molecular weight excluding hydrogens is 331 g/mol. The summed E-state index contributed by atoms with van der Waals surface area (Å²) in [5.41, 5.74) is 2.83. The van der Waals surface area contributed by atoms with Crippen LogP contribution in [0.3, 0.4) is 0 Å². The van der Waals surface area contributed by atoms with Gasteiger partial charge in [-0.15, -0.1) is 0 Å². The molecule has 26 heavy (non-hydrogen) atoms. The van der Waals surface area contributed by atoms with Crippen LogP contribution in [-0.2, 0) is 4.79 Å². The number of likely N-dealkylation sites (N-methyl/N-ethyl adjacent to an activating group) is 1. The molecule has 1 fully saturated rings. The fraction of sp³-hybridized carbons (Fsp3) is 0.500. The van der Waals surface area contributed by atoms with Crippen molar-refractivity contribution < 1.29 is 9.18 Å². The molecule has 0 atom stereocenters. The number of nitrogens with one attached hydrogen (secondary N) is 1. The summed E-state index contributed by atoms with van der Waals surface area (Å²) in [5.74, 6) is 0.251. The Bertz CT molecular complexity index is 750. The van der Waals surface area contributed by atoms with E-state index in [1.807, 2.05) is 18.0 Å². The van der Waals surface area contributed by atoms with Gasteiger partial charge >= 0.3 is 0 Å². The van der Waals surface area contributed by atoms with Gasteiger partial charge in [0.05, 0.1) is 12.7 Å². The molecule has 1 saturated heterocycles. The molecule has 0 unspecified atom stereocenters. The molecule has 1 amide bonds. The van der Waals surface area contributed by atoms with Gasteiger partial charge in [-0.3, -0.25) is 14.8 Å². The second kappa shape index (κ2) is 7.99. The standard InChI is InChI=1S/C20H27FN4O/c1-14(2)24(3)13-19(26)25-9-7-15(8-10-25)20-18(12-22-23-20)16-5-4-6-17(21)11-16/h4-6,11-12,14-15H,7-10,13H2,1-3H3,(H,22,23). The normalized spacial score (nSPS) is 15.8. The molecule has 6 heteroatoms. The Hall–Kier alpha value is -2.21. The molecule has 2 heterocycles. The molecule has 1 aromatic heterocycles. The van der Waals surface area contributed by atoms with E-state index in [1.165, 1.54) is 12.1 Å². The highest BCUT2D eigenvalue weighted by Crippen LogP contribution is 2.34. The van der Waals surface area contributed by atoms with Crippen molar-refractivity contribution in [2.45, 2.75) is 38.6 Å². The average molecular weight is 358 g/mol. The van der Waals surface area contributed by atoms with Crippen LogP contribution in [0.4, 0.5) is 4.39 Å². The maximum absolute atomic E-state index is 13.6. The van der Waals surface area contributed by atoms with Gasteiger partial charge in [0.2, 0.25) is 5.91 Å². The summed E-state index contributed by atoms with van der Waals surface area (Å²) < 4.78 is 13.6. The first-order valence-electron chi connectivity index (χ1n) is 9.23. The van der Waals surface area contributed by atoms with Crippen LogP contribution < -0.4 is 0 Å². The van der Waals surface area contributed by atoms with Crippen molar-refractivity contribution in [2.24, 2.45) is 0 Å². The Balaban J connectivity index is 1.64. The topological polar surface area (TPSA) is 52.2 Å². The number of carbonyl (C=O) groups excluding carboxylic acids is 1. The maximum Gasteiger partial charge on any atom is 0.236 e. The first kappa shape index (κ1) is 18.6. The maximum atomic E-state index is 13.6. The number of hydrogen-bond donors (Lipinski definition) is 1. The highest BCUT2D eigenvalue weighted by Gasteiger charge is 2.27. The van der Waals surface area contributed by atoms with Crippen LogP contribution in [0.15, 0.2) is 30.5 Å². The van der Waals surface area contributed by atoms with Crippen molar-refractivity contribution in [3.63, 3.8) is 0 Å². The number of H-pyrrole nitrogens is 1. The molecule has 1 N–H and O–H groups in total. The zero-order valence-corrected chi connectivity index (χ0v) is 15.7. The van der Waals surface area contributed by atoms with Gasteiger partial charge in [0.25, 0.3) is 0 Å². The number of rotatable bonds is 5. The molecular formula is C20H27FN4O. The molecule has 2 aromatic rings. The van der Waals surface area contributed by atoms with Gasteiger partial charge in [-0.05, 0) is 51.4 Å². The lowest BCUT2D eigenvalue weighted by atomic mass is 9.89. The van der Waals surface area contributed by atoms with Gasteiger partial charge in [-0.25, -0.2) is 4.39 Å². The molecule has 0 aliphatic carbocycles. The zero-order chi connectivity index (χ0) is 18.7. The first-order chi connectivity index (χ1) is 12.5. The molecule has 0 spiro atoms. The minimum atomic E-state index is -0.246. The summed E-state index contributed by atoms with van der Waals surface area (Å²) in [6.45, 7) is 6.13. The van der Waals surface area contributed by atoms with E-state index in [0.29, 0.717) is 18.5 Å². The third kappa shape index (κ3) is 4.12. The lowest BCUT2D eigenvalue weighted by Gasteiger charge is -2.33. The third-order valence-electron chi connectivity index (χ3n) is 5.33. The predicted molar refractivity (Wildman–Crippen MR) is 100 cm³/mol. The summed E-state index contributed by atoms with van der Waals surface area (Å²) in [4.78, 5) is 16.5. The van der Waals surface area contributed by atoms with E-state index in [9.17, 15) is 9.18 Å². The van der Waals surface area contributed by atoms with Gasteiger partial charge in [0.15, 0.2) is 0 Å². The SMILES string of the molecule is CC(C)N(C)CC(=O)N1CCC(c2[nH]ncc2-c2cccc(F)c2)CC1. The second-order valence-corrected chi connectivity index (χ2v) is 7.37. The van der Waals surface area contributed by atoms with Crippen molar-refractivity contribution in [3.05, 3.63) is 42.0 Å². The van der Waals surface area contributed by atoms with Crippen LogP contribution in [0, 0.1) is 5.82 Å². The minimum absolute atomic E-state index is 0.189. The van der Waals surface area contributed by atoms with Crippen molar-refractivity contribution in [3.8, 4) is 11.1 Å². The van der Waals surface area contributed by atoms with Crippen molar-refractivity contribution in [1.82, 2.24) is 20.0 Å². The fourth-order valence-corrected chi connectivity index (χ4v) is 3.41. The van der Waals surface area contributed by atoms with Crippen LogP contribution in [-0.4, -0.2) is 58.6 Å². The van der Waals surface area contributed by atoms with E-state index in [2.05, 4.69) is 28.9 Å². The highest BCUT2D eigenvalue weighted by atomic mass is 19.1. The minimum Gasteiger partial charge on any atom is -0.342 e. The number of aromatic nitrogens is 2. The van der Waals surface area contributed by atoms with E-state index >= 15 is 0 Å². The Morgan fingerprint density at radius 3 is 2.77 bits per heavy atom. The van der Waals surface area contributed by atoms with E-state index in [1.54, 1.807) is 12.3 Å². The van der Waals surface area contributed by atoms with Gasteiger partial charge < -0.3 is 4.90 Å². The molecule has 1 aliphatic rings. The van der Waals surface area contributed by atoms with Crippen molar-refractivity contribution in [2.75, 3.05) is 26.7 Å². The molecule has 140 valence electrons. The van der Waals surface area contributed by atoms with Gasteiger partial charge in [0, 0.05) is 36.3 Å².